The fraction of sp³-hybridized carbons (Fsp3) is 0.684. The second-order valence-electron chi connectivity index (χ2n) is 12.3. The molecule has 3 rings (SSSR count). The van der Waals surface area contributed by atoms with Gasteiger partial charge in [-0.2, -0.15) is 0 Å². The molecule has 0 aromatic heterocycles. The summed E-state index contributed by atoms with van der Waals surface area (Å²) in [6.45, 7) is 11.7. The molecule has 47 heavy (non-hydrogen) atoms. The Bertz CT molecular complexity index is 1110. The summed E-state index contributed by atoms with van der Waals surface area (Å²) in [7, 11) is 0. The third-order valence-electron chi connectivity index (χ3n) is 8.42. The van der Waals surface area contributed by atoms with Crippen molar-refractivity contribution in [2.24, 2.45) is 0 Å². The van der Waals surface area contributed by atoms with Crippen LogP contribution in [0.15, 0.2) is 36.4 Å². The van der Waals surface area contributed by atoms with Crippen LogP contribution in [-0.4, -0.2) is 80.9 Å². The number of rotatable bonds is 24. The molecule has 0 bridgehead atoms. The van der Waals surface area contributed by atoms with Crippen molar-refractivity contribution in [2.75, 3.05) is 46.2 Å². The summed E-state index contributed by atoms with van der Waals surface area (Å²) < 4.78 is 38.4. The molecule has 2 aromatic carbocycles. The van der Waals surface area contributed by atoms with E-state index in [2.05, 4.69) is 20.8 Å². The SMILES string of the molecule is CCCCO[C@@H]1[C@@H](OCCCC)[C@H](c2cc(Cc3ccc(OCC)cc3)c(Cl)cc2O)O[C@H](COCCCCCO)[C@H]1OCCCC. The third kappa shape index (κ3) is 12.8. The van der Waals surface area contributed by atoms with Gasteiger partial charge in [-0.25, -0.2) is 0 Å². The number of aliphatic hydroxyl groups is 1. The highest BCUT2D eigenvalue weighted by molar-refractivity contribution is 6.31. The fourth-order valence-corrected chi connectivity index (χ4v) is 5.96. The van der Waals surface area contributed by atoms with Gasteiger partial charge in [0.1, 0.15) is 42.0 Å². The lowest BCUT2D eigenvalue weighted by Gasteiger charge is -2.46. The number of ether oxygens (including phenoxy) is 6. The van der Waals surface area contributed by atoms with E-state index in [-0.39, 0.29) is 12.4 Å². The summed E-state index contributed by atoms with van der Waals surface area (Å²) >= 11 is 6.73. The second-order valence-corrected chi connectivity index (χ2v) is 12.7. The normalized spacial score (nSPS) is 21.3. The molecule has 2 aromatic rings. The van der Waals surface area contributed by atoms with Crippen LogP contribution >= 0.6 is 11.6 Å². The molecule has 1 aliphatic heterocycles. The number of aromatic hydroxyl groups is 1. The first kappa shape index (κ1) is 39.5. The average molecular weight is 679 g/mol. The van der Waals surface area contributed by atoms with E-state index in [0.29, 0.717) is 56.6 Å². The summed E-state index contributed by atoms with van der Waals surface area (Å²) in [5.74, 6) is 0.878. The predicted molar refractivity (Wildman–Crippen MR) is 187 cm³/mol. The van der Waals surface area contributed by atoms with Gasteiger partial charge in [-0.15, -0.1) is 0 Å². The fourth-order valence-electron chi connectivity index (χ4n) is 5.74. The molecule has 0 saturated carbocycles. The number of benzene rings is 2. The van der Waals surface area contributed by atoms with Crippen LogP contribution in [0, 0.1) is 0 Å². The van der Waals surface area contributed by atoms with Gasteiger partial charge in [0.15, 0.2) is 0 Å². The van der Waals surface area contributed by atoms with E-state index in [1.54, 1.807) is 6.07 Å². The molecule has 1 aliphatic rings. The smallest absolute Gasteiger partial charge is 0.122 e. The van der Waals surface area contributed by atoms with Crippen molar-refractivity contribution in [1.82, 2.24) is 0 Å². The van der Waals surface area contributed by atoms with E-state index >= 15 is 0 Å². The Balaban J connectivity index is 1.99. The van der Waals surface area contributed by atoms with Crippen LogP contribution in [0.2, 0.25) is 5.02 Å². The molecular formula is C38H59ClO8. The molecule has 1 saturated heterocycles. The van der Waals surface area contributed by atoms with E-state index in [9.17, 15) is 5.11 Å². The molecule has 266 valence electrons. The first-order valence-corrected chi connectivity index (χ1v) is 18.3. The molecule has 0 radical (unpaired) electrons. The van der Waals surface area contributed by atoms with Crippen molar-refractivity contribution < 1.29 is 38.6 Å². The van der Waals surface area contributed by atoms with Crippen molar-refractivity contribution in [3.8, 4) is 11.5 Å². The van der Waals surface area contributed by atoms with E-state index in [1.807, 2.05) is 37.3 Å². The Hall–Kier alpha value is -1.91. The summed E-state index contributed by atoms with van der Waals surface area (Å²) in [6, 6.07) is 11.5. The molecule has 0 unspecified atom stereocenters. The lowest BCUT2D eigenvalue weighted by molar-refractivity contribution is -0.268. The Morgan fingerprint density at radius 1 is 0.745 bits per heavy atom. The number of halogens is 1. The molecule has 0 spiro atoms. The van der Waals surface area contributed by atoms with E-state index in [4.69, 9.17) is 45.1 Å². The lowest BCUT2D eigenvalue weighted by Crippen LogP contribution is -2.58. The van der Waals surface area contributed by atoms with Crippen molar-refractivity contribution in [2.45, 2.75) is 122 Å². The van der Waals surface area contributed by atoms with Crippen LogP contribution in [0.4, 0.5) is 0 Å². The number of phenolic OH excluding ortho intramolecular Hbond substituents is 1. The van der Waals surface area contributed by atoms with Gasteiger partial charge in [-0.3, -0.25) is 0 Å². The Labute approximate surface area is 288 Å². The number of aliphatic hydroxyl groups excluding tert-OH is 1. The first-order chi connectivity index (χ1) is 23.0. The van der Waals surface area contributed by atoms with Gasteiger partial charge < -0.3 is 38.6 Å². The zero-order valence-electron chi connectivity index (χ0n) is 29.1. The largest absolute Gasteiger partial charge is 0.508 e. The third-order valence-corrected chi connectivity index (χ3v) is 8.77. The number of unbranched alkanes of at least 4 members (excludes halogenated alkanes) is 5. The van der Waals surface area contributed by atoms with Crippen LogP contribution in [0.3, 0.4) is 0 Å². The maximum atomic E-state index is 11.4. The highest BCUT2D eigenvalue weighted by atomic mass is 35.5. The standard InChI is InChI=1S/C38H59ClO8/c1-5-9-21-44-36-34(27-42-20-14-12-13-19-40)47-35(37(45-22-10-6-2)38(36)46-23-11-7-3)31-25-29(32(39)26-33(31)41)24-28-15-17-30(18-16-28)43-8-4/h15-18,25-26,34-38,40-41H,5-14,19-24,27H2,1-4H3/t34-,35+,36-,37+,38+/m1/s1. The Morgan fingerprint density at radius 2 is 1.38 bits per heavy atom. The highest BCUT2D eigenvalue weighted by Gasteiger charge is 2.49. The predicted octanol–water partition coefficient (Wildman–Crippen LogP) is 8.21. The molecule has 0 amide bonds. The minimum atomic E-state index is -0.635. The van der Waals surface area contributed by atoms with Crippen LogP contribution in [0.25, 0.3) is 0 Å². The molecule has 8 nitrogen and oxygen atoms in total. The molecule has 0 aliphatic carbocycles. The summed E-state index contributed by atoms with van der Waals surface area (Å²) in [5.41, 5.74) is 2.56. The van der Waals surface area contributed by atoms with E-state index in [1.165, 1.54) is 0 Å². The number of hydrogen-bond donors (Lipinski definition) is 2. The highest BCUT2D eigenvalue weighted by Crippen LogP contribution is 2.42. The van der Waals surface area contributed by atoms with Gasteiger partial charge >= 0.3 is 0 Å². The van der Waals surface area contributed by atoms with Crippen molar-refractivity contribution in [3.63, 3.8) is 0 Å². The van der Waals surface area contributed by atoms with Crippen LogP contribution in [-0.2, 0) is 30.1 Å². The number of hydrogen-bond acceptors (Lipinski definition) is 8. The Kier molecular flexibility index (Phi) is 19.1. The van der Waals surface area contributed by atoms with Crippen molar-refractivity contribution in [1.29, 1.82) is 0 Å². The minimum Gasteiger partial charge on any atom is -0.508 e. The zero-order valence-corrected chi connectivity index (χ0v) is 29.8. The van der Waals surface area contributed by atoms with Gasteiger partial charge in [0.05, 0.1) is 13.2 Å². The second kappa shape index (κ2) is 22.7. The maximum absolute atomic E-state index is 11.4. The van der Waals surface area contributed by atoms with Gasteiger partial charge in [0.2, 0.25) is 0 Å². The monoisotopic (exact) mass is 678 g/mol. The molecule has 1 fully saturated rings. The molecule has 5 atom stereocenters. The number of phenols is 1. The summed E-state index contributed by atoms with van der Waals surface area (Å²) in [5, 5.41) is 21.0. The summed E-state index contributed by atoms with van der Waals surface area (Å²) in [4.78, 5) is 0. The maximum Gasteiger partial charge on any atom is 0.122 e. The molecular weight excluding hydrogens is 620 g/mol. The van der Waals surface area contributed by atoms with Crippen LogP contribution in [0.1, 0.15) is 108 Å². The van der Waals surface area contributed by atoms with E-state index in [0.717, 1.165) is 74.7 Å². The van der Waals surface area contributed by atoms with Gasteiger partial charge in [-0.05, 0) is 87.3 Å². The average Bonchev–Trinajstić information content (AvgIpc) is 3.06. The van der Waals surface area contributed by atoms with Gasteiger partial charge in [0.25, 0.3) is 0 Å². The Morgan fingerprint density at radius 3 is 2.00 bits per heavy atom. The zero-order chi connectivity index (χ0) is 33.9. The molecule has 1 heterocycles. The van der Waals surface area contributed by atoms with Crippen molar-refractivity contribution in [3.05, 3.63) is 58.1 Å². The van der Waals surface area contributed by atoms with Gasteiger partial charge in [-0.1, -0.05) is 63.8 Å². The summed E-state index contributed by atoms with van der Waals surface area (Å²) in [6.07, 6.45) is 6.37. The van der Waals surface area contributed by atoms with Crippen molar-refractivity contribution >= 4 is 11.6 Å². The lowest BCUT2D eigenvalue weighted by atomic mass is 9.88. The van der Waals surface area contributed by atoms with Crippen LogP contribution in [0.5, 0.6) is 11.5 Å². The first-order valence-electron chi connectivity index (χ1n) is 17.9. The molecule has 9 heteroatoms. The van der Waals surface area contributed by atoms with Crippen LogP contribution < -0.4 is 4.74 Å². The van der Waals surface area contributed by atoms with E-state index < -0.39 is 30.5 Å². The molecule has 2 N–H and O–H groups in total. The minimum absolute atomic E-state index is 0.0564. The van der Waals surface area contributed by atoms with Gasteiger partial charge in [0, 0.05) is 43.6 Å². The quantitative estimate of drug-likeness (QED) is 0.107. The topological polar surface area (TPSA) is 95.8 Å².